The largest absolute Gasteiger partial charge is 0.447 e. The maximum absolute atomic E-state index is 12.1. The van der Waals surface area contributed by atoms with Gasteiger partial charge in [0.2, 0.25) is 5.91 Å². The van der Waals surface area contributed by atoms with Crippen molar-refractivity contribution in [3.8, 4) is 0 Å². The number of hydrogen-bond acceptors (Lipinski definition) is 4. The van der Waals surface area contributed by atoms with Crippen LogP contribution in [0.1, 0.15) is 27.2 Å². The van der Waals surface area contributed by atoms with Gasteiger partial charge in [-0.25, -0.2) is 9.69 Å². The summed E-state index contributed by atoms with van der Waals surface area (Å²) >= 11 is 0. The number of carbonyl (C=O) groups excluding carboxylic acids is 2. The highest BCUT2D eigenvalue weighted by molar-refractivity contribution is 5.94. The number of aliphatic hydroxyl groups excluding tert-OH is 1. The van der Waals surface area contributed by atoms with E-state index in [9.17, 15) is 14.7 Å². The van der Waals surface area contributed by atoms with Gasteiger partial charge in [0, 0.05) is 0 Å². The molecule has 0 saturated carbocycles. The topological polar surface area (TPSA) is 66.8 Å². The summed E-state index contributed by atoms with van der Waals surface area (Å²) in [7, 11) is 0. The van der Waals surface area contributed by atoms with Crippen LogP contribution in [0.25, 0.3) is 0 Å². The highest BCUT2D eigenvalue weighted by atomic mass is 16.6. The molecule has 5 heteroatoms. The van der Waals surface area contributed by atoms with E-state index in [1.807, 2.05) is 20.8 Å². The lowest BCUT2D eigenvalue weighted by molar-refractivity contribution is -0.137. The van der Waals surface area contributed by atoms with Gasteiger partial charge in [0.1, 0.15) is 6.61 Å². The summed E-state index contributed by atoms with van der Waals surface area (Å²) in [5.41, 5.74) is 0. The molecule has 16 heavy (non-hydrogen) atoms. The summed E-state index contributed by atoms with van der Waals surface area (Å²) in [5.74, 6) is -0.863. The Bertz CT molecular complexity index is 277. The molecule has 1 aliphatic rings. The Kier molecular flexibility index (Phi) is 4.29. The van der Waals surface area contributed by atoms with Crippen LogP contribution in [0, 0.1) is 11.8 Å². The fourth-order valence-electron chi connectivity index (χ4n) is 1.92. The number of imide groups is 1. The van der Waals surface area contributed by atoms with E-state index in [4.69, 9.17) is 4.74 Å². The summed E-state index contributed by atoms with van der Waals surface area (Å²) in [6.45, 7) is 6.08. The Labute approximate surface area is 95.4 Å². The van der Waals surface area contributed by atoms with Crippen LogP contribution in [-0.4, -0.2) is 41.3 Å². The maximum Gasteiger partial charge on any atom is 0.416 e. The summed E-state index contributed by atoms with van der Waals surface area (Å²) in [6, 6.07) is 0. The molecule has 0 aromatic heterocycles. The number of rotatable bonds is 4. The number of cyclic esters (lactones) is 1. The molecule has 1 N–H and O–H groups in total. The second-order valence-electron chi connectivity index (χ2n) is 4.35. The zero-order chi connectivity index (χ0) is 12.3. The first kappa shape index (κ1) is 13.0. The fraction of sp³-hybridized carbons (Fsp3) is 0.818. The van der Waals surface area contributed by atoms with Crippen molar-refractivity contribution in [3.63, 3.8) is 0 Å². The van der Waals surface area contributed by atoms with Crippen LogP contribution in [0.5, 0.6) is 0 Å². The van der Waals surface area contributed by atoms with Gasteiger partial charge in [-0.15, -0.1) is 0 Å². The Balaban J connectivity index is 2.78. The van der Waals surface area contributed by atoms with Crippen molar-refractivity contribution < 1.29 is 19.4 Å². The van der Waals surface area contributed by atoms with Gasteiger partial charge in [0.05, 0.1) is 18.6 Å². The smallest absolute Gasteiger partial charge is 0.416 e. The van der Waals surface area contributed by atoms with E-state index in [0.717, 1.165) is 4.90 Å². The molecule has 0 aromatic carbocycles. The lowest BCUT2D eigenvalue weighted by Gasteiger charge is -2.26. The Morgan fingerprint density at radius 3 is 2.56 bits per heavy atom. The third kappa shape index (κ3) is 2.52. The highest BCUT2D eigenvalue weighted by Crippen LogP contribution is 2.22. The molecular formula is C11H19NO4. The van der Waals surface area contributed by atoms with Crippen LogP contribution < -0.4 is 0 Å². The van der Waals surface area contributed by atoms with Gasteiger partial charge in [0.25, 0.3) is 0 Å². The minimum Gasteiger partial charge on any atom is -0.447 e. The first-order chi connectivity index (χ1) is 7.49. The monoisotopic (exact) mass is 229 g/mol. The first-order valence-electron chi connectivity index (χ1n) is 5.65. The molecule has 0 radical (unpaired) electrons. The normalized spacial score (nSPS) is 19.8. The van der Waals surface area contributed by atoms with Gasteiger partial charge < -0.3 is 9.84 Å². The standard InChI is InChI=1S/C11H19NO4/c1-4-8(13)9(7(2)3)10(14)12-5-6-16-11(12)15/h7-9,13H,4-6H2,1-3H3/t8-,9+/m0/s1. The molecule has 0 spiro atoms. The number of amides is 2. The number of aliphatic hydroxyl groups is 1. The second kappa shape index (κ2) is 5.30. The molecule has 2 amide bonds. The van der Waals surface area contributed by atoms with Crippen LogP contribution in [0.3, 0.4) is 0 Å². The molecule has 1 aliphatic heterocycles. The van der Waals surface area contributed by atoms with Crippen LogP contribution in [0.15, 0.2) is 0 Å². The number of hydrogen-bond donors (Lipinski definition) is 1. The predicted octanol–water partition coefficient (Wildman–Crippen LogP) is 1.01. The van der Waals surface area contributed by atoms with Crippen LogP contribution in [0.4, 0.5) is 4.79 Å². The van der Waals surface area contributed by atoms with Gasteiger partial charge in [-0.2, -0.15) is 0 Å². The third-order valence-electron chi connectivity index (χ3n) is 2.86. The van der Waals surface area contributed by atoms with Gasteiger partial charge in [-0.3, -0.25) is 4.79 Å². The third-order valence-corrected chi connectivity index (χ3v) is 2.86. The van der Waals surface area contributed by atoms with Gasteiger partial charge in [0.15, 0.2) is 0 Å². The molecule has 5 nitrogen and oxygen atoms in total. The molecule has 1 heterocycles. The van der Waals surface area contributed by atoms with E-state index in [2.05, 4.69) is 0 Å². The molecule has 1 fully saturated rings. The van der Waals surface area contributed by atoms with E-state index >= 15 is 0 Å². The molecule has 1 saturated heterocycles. The lowest BCUT2D eigenvalue weighted by Crippen LogP contribution is -2.43. The number of carbonyl (C=O) groups is 2. The molecule has 2 atom stereocenters. The molecular weight excluding hydrogens is 210 g/mol. The molecule has 92 valence electrons. The zero-order valence-corrected chi connectivity index (χ0v) is 9.97. The van der Waals surface area contributed by atoms with Crippen molar-refractivity contribution >= 4 is 12.0 Å². The zero-order valence-electron chi connectivity index (χ0n) is 9.97. The highest BCUT2D eigenvalue weighted by Gasteiger charge is 2.37. The average Bonchev–Trinajstić information content (AvgIpc) is 2.63. The van der Waals surface area contributed by atoms with Crippen molar-refractivity contribution in [2.75, 3.05) is 13.2 Å². The Hall–Kier alpha value is -1.10. The second-order valence-corrected chi connectivity index (χ2v) is 4.35. The van der Waals surface area contributed by atoms with E-state index in [1.54, 1.807) is 0 Å². The Morgan fingerprint density at radius 1 is 1.56 bits per heavy atom. The molecule has 1 rings (SSSR count). The van der Waals surface area contributed by atoms with Gasteiger partial charge >= 0.3 is 6.09 Å². The number of ether oxygens (including phenoxy) is 1. The lowest BCUT2D eigenvalue weighted by atomic mass is 9.87. The van der Waals surface area contributed by atoms with Crippen LogP contribution in [-0.2, 0) is 9.53 Å². The SMILES string of the molecule is CC[C@H](O)[C@H](C(=O)N1CCOC1=O)C(C)C. The first-order valence-corrected chi connectivity index (χ1v) is 5.65. The summed E-state index contributed by atoms with van der Waals surface area (Å²) in [4.78, 5) is 24.4. The maximum atomic E-state index is 12.1. The van der Waals surface area contributed by atoms with Crippen molar-refractivity contribution in [1.82, 2.24) is 4.90 Å². The van der Waals surface area contributed by atoms with Crippen molar-refractivity contribution in [1.29, 1.82) is 0 Å². The molecule has 0 aromatic rings. The Morgan fingerprint density at radius 2 is 2.19 bits per heavy atom. The van der Waals surface area contributed by atoms with E-state index in [1.165, 1.54) is 0 Å². The summed E-state index contributed by atoms with van der Waals surface area (Å²) in [6.07, 6.45) is -0.808. The minimum atomic E-state index is -0.708. The summed E-state index contributed by atoms with van der Waals surface area (Å²) in [5, 5.41) is 9.81. The summed E-state index contributed by atoms with van der Waals surface area (Å²) < 4.78 is 4.71. The fourth-order valence-corrected chi connectivity index (χ4v) is 1.92. The van der Waals surface area contributed by atoms with Crippen LogP contribution in [0.2, 0.25) is 0 Å². The minimum absolute atomic E-state index is 0.00384. The molecule has 0 unspecified atom stereocenters. The van der Waals surface area contributed by atoms with Crippen molar-refractivity contribution in [2.24, 2.45) is 11.8 Å². The van der Waals surface area contributed by atoms with Crippen molar-refractivity contribution in [3.05, 3.63) is 0 Å². The van der Waals surface area contributed by atoms with E-state index in [0.29, 0.717) is 6.42 Å². The number of nitrogens with zero attached hydrogens (tertiary/aromatic N) is 1. The predicted molar refractivity (Wildman–Crippen MR) is 57.7 cm³/mol. The average molecular weight is 229 g/mol. The van der Waals surface area contributed by atoms with E-state index in [-0.39, 0.29) is 25.0 Å². The quantitative estimate of drug-likeness (QED) is 0.781. The molecule has 0 aliphatic carbocycles. The van der Waals surface area contributed by atoms with Gasteiger partial charge in [-0.1, -0.05) is 20.8 Å². The van der Waals surface area contributed by atoms with E-state index < -0.39 is 18.1 Å². The van der Waals surface area contributed by atoms with Crippen molar-refractivity contribution in [2.45, 2.75) is 33.3 Å². The van der Waals surface area contributed by atoms with Gasteiger partial charge in [-0.05, 0) is 12.3 Å². The van der Waals surface area contributed by atoms with Crippen LogP contribution >= 0.6 is 0 Å². The molecule has 0 bridgehead atoms.